The van der Waals surface area contributed by atoms with Gasteiger partial charge in [-0.05, 0) is 74.7 Å². The molecule has 0 fully saturated rings. The molecule has 210 valence electrons. The van der Waals surface area contributed by atoms with Gasteiger partial charge in [-0.15, -0.1) is 23.5 Å². The molecule has 0 saturated carbocycles. The maximum Gasteiger partial charge on any atom is 0.322 e. The topological polar surface area (TPSA) is 58.4 Å². The molecule has 2 amide bonds. The zero-order valence-corrected chi connectivity index (χ0v) is 26.1. The molecule has 0 unspecified atom stereocenters. The number of aryl methyl sites for hydroxylation is 3. The Morgan fingerprint density at radius 2 is 1.71 bits per heavy atom. The third kappa shape index (κ3) is 6.43. The van der Waals surface area contributed by atoms with Gasteiger partial charge in [-0.3, -0.25) is 4.90 Å². The number of fused-ring (bicyclic) bond motifs is 1. The van der Waals surface area contributed by atoms with E-state index in [-0.39, 0.29) is 12.6 Å². The molecule has 5 rings (SSSR count). The van der Waals surface area contributed by atoms with E-state index < -0.39 is 0 Å². The van der Waals surface area contributed by atoms with Gasteiger partial charge in [0, 0.05) is 33.1 Å². The zero-order valence-electron chi connectivity index (χ0n) is 23.7. The van der Waals surface area contributed by atoms with Gasteiger partial charge in [0.25, 0.3) is 0 Å². The van der Waals surface area contributed by atoms with Crippen LogP contribution in [0.15, 0.2) is 87.1 Å². The summed E-state index contributed by atoms with van der Waals surface area (Å²) >= 11 is 9.33. The highest BCUT2D eigenvalue weighted by Gasteiger charge is 2.27. The number of nitrogens with zero attached hydrogens (tertiary/aromatic N) is 2. The number of thioether (sulfide) groups is 2. The molecule has 0 aliphatic heterocycles. The van der Waals surface area contributed by atoms with E-state index in [1.165, 1.54) is 17.3 Å². The molecule has 8 heteroatoms. The second kappa shape index (κ2) is 12.6. The molecule has 0 radical (unpaired) electrons. The number of halogens is 1. The lowest BCUT2D eigenvalue weighted by Crippen LogP contribution is -2.40. The monoisotopic (exact) mass is 601 g/mol. The van der Waals surface area contributed by atoms with Gasteiger partial charge in [0.05, 0.1) is 12.2 Å². The van der Waals surface area contributed by atoms with Crippen LogP contribution in [0, 0.1) is 20.8 Å². The quantitative estimate of drug-likeness (QED) is 0.179. The van der Waals surface area contributed by atoms with Gasteiger partial charge in [-0.25, -0.2) is 9.78 Å². The molecule has 5 aromatic rings. The van der Waals surface area contributed by atoms with Crippen molar-refractivity contribution in [3.63, 3.8) is 0 Å². The van der Waals surface area contributed by atoms with E-state index in [4.69, 9.17) is 21.0 Å². The molecule has 0 aliphatic carbocycles. The molecule has 0 aliphatic rings. The summed E-state index contributed by atoms with van der Waals surface area (Å²) in [5.74, 6) is 0.715. The maximum atomic E-state index is 14.1. The number of nitrogens with one attached hydrogen (secondary N) is 1. The van der Waals surface area contributed by atoms with Crippen LogP contribution in [-0.2, 0) is 13.1 Å². The van der Waals surface area contributed by atoms with Gasteiger partial charge in [0.1, 0.15) is 16.4 Å². The lowest BCUT2D eigenvalue weighted by atomic mass is 9.99. The minimum atomic E-state index is -0.243. The van der Waals surface area contributed by atoms with Crippen molar-refractivity contribution in [1.82, 2.24) is 10.3 Å². The Hall–Kier alpha value is -3.39. The Bertz CT molecular complexity index is 1690. The van der Waals surface area contributed by atoms with Crippen LogP contribution in [0.2, 0.25) is 5.02 Å². The molecular formula is C33H32ClN3O2S2. The van der Waals surface area contributed by atoms with Gasteiger partial charge in [0.2, 0.25) is 0 Å². The van der Waals surface area contributed by atoms with Gasteiger partial charge >= 0.3 is 6.03 Å². The first-order chi connectivity index (χ1) is 19.8. The number of carbonyl (C=O) groups is 1. The fourth-order valence-corrected chi connectivity index (χ4v) is 6.50. The van der Waals surface area contributed by atoms with Crippen molar-refractivity contribution >= 4 is 57.8 Å². The fraction of sp³-hybridized carbons (Fsp3) is 0.212. The lowest BCUT2D eigenvalue weighted by Gasteiger charge is -2.26. The van der Waals surface area contributed by atoms with Crippen LogP contribution in [0.5, 0.6) is 0 Å². The number of anilines is 1. The van der Waals surface area contributed by atoms with Crippen LogP contribution >= 0.6 is 35.1 Å². The maximum absolute atomic E-state index is 14.1. The van der Waals surface area contributed by atoms with E-state index in [1.54, 1.807) is 16.7 Å². The number of amides is 2. The van der Waals surface area contributed by atoms with Crippen LogP contribution in [0.1, 0.15) is 28.1 Å². The van der Waals surface area contributed by atoms with E-state index in [0.29, 0.717) is 17.3 Å². The molecule has 41 heavy (non-hydrogen) atoms. The van der Waals surface area contributed by atoms with Crippen molar-refractivity contribution in [2.75, 3.05) is 17.4 Å². The highest BCUT2D eigenvalue weighted by Crippen LogP contribution is 2.41. The highest BCUT2D eigenvalue weighted by atomic mass is 35.5. The Balaban J connectivity index is 1.64. The van der Waals surface area contributed by atoms with Crippen LogP contribution in [0.25, 0.3) is 22.1 Å². The zero-order chi connectivity index (χ0) is 29.1. The normalized spacial score (nSPS) is 11.2. The molecule has 0 bridgehead atoms. The predicted molar refractivity (Wildman–Crippen MR) is 174 cm³/mol. The highest BCUT2D eigenvalue weighted by molar-refractivity contribution is 7.99. The Kier molecular flexibility index (Phi) is 8.97. The third-order valence-corrected chi connectivity index (χ3v) is 8.53. The van der Waals surface area contributed by atoms with Gasteiger partial charge in [-0.1, -0.05) is 65.2 Å². The van der Waals surface area contributed by atoms with Crippen molar-refractivity contribution in [3.8, 4) is 11.1 Å². The second-order valence-corrected chi connectivity index (χ2v) is 12.0. The average Bonchev–Trinajstić information content (AvgIpc) is 3.31. The van der Waals surface area contributed by atoms with Crippen molar-refractivity contribution in [3.05, 3.63) is 106 Å². The summed E-state index contributed by atoms with van der Waals surface area (Å²) < 4.78 is 6.52. The summed E-state index contributed by atoms with van der Waals surface area (Å²) in [6.45, 7) is 6.69. The Labute approximate surface area is 254 Å². The summed E-state index contributed by atoms with van der Waals surface area (Å²) in [5.41, 5.74) is 7.75. The van der Waals surface area contributed by atoms with Crippen molar-refractivity contribution in [1.29, 1.82) is 0 Å². The smallest absolute Gasteiger partial charge is 0.322 e. The Morgan fingerprint density at radius 1 is 0.951 bits per heavy atom. The van der Waals surface area contributed by atoms with E-state index >= 15 is 0 Å². The molecule has 0 spiro atoms. The summed E-state index contributed by atoms with van der Waals surface area (Å²) in [5, 5.41) is 5.56. The van der Waals surface area contributed by atoms with E-state index in [9.17, 15) is 4.79 Å². The molecule has 5 nitrogen and oxygen atoms in total. The van der Waals surface area contributed by atoms with E-state index in [2.05, 4.69) is 49.5 Å². The number of furan rings is 1. The van der Waals surface area contributed by atoms with E-state index in [0.717, 1.165) is 54.5 Å². The molecule has 0 saturated heterocycles. The van der Waals surface area contributed by atoms with Crippen LogP contribution < -0.4 is 10.2 Å². The number of hydrogen-bond acceptors (Lipinski definition) is 5. The number of rotatable bonds is 8. The number of aromatic nitrogens is 1. The summed E-state index contributed by atoms with van der Waals surface area (Å²) in [7, 11) is 0. The van der Waals surface area contributed by atoms with Gasteiger partial charge in [-0.2, -0.15) is 0 Å². The second-order valence-electron chi connectivity index (χ2n) is 9.96. The van der Waals surface area contributed by atoms with Crippen LogP contribution in [-0.4, -0.2) is 23.5 Å². The number of carbonyl (C=O) groups excluding carboxylic acids is 1. The third-order valence-electron chi connectivity index (χ3n) is 6.87. The number of hydrogen-bond donors (Lipinski definition) is 1. The molecule has 3 aromatic carbocycles. The standard InChI is InChI=1S/C33H32ClN3O2S2/c1-20-9-12-24(13-10-20)30-26-15-21(2)11-14-27(26)39-28(30)19-37(31-29(40-4)16-22(3)36-32(31)41-5)33(38)35-18-23-7-6-8-25(34)17-23/h6-17H,18-19H2,1-5H3,(H,35,38). The molecule has 1 N–H and O–H groups in total. The fourth-order valence-electron chi connectivity index (χ4n) is 4.88. The van der Waals surface area contributed by atoms with Crippen molar-refractivity contribution in [2.45, 2.75) is 43.8 Å². The summed E-state index contributed by atoms with van der Waals surface area (Å²) in [6, 6.07) is 23.9. The number of pyridine rings is 1. The first kappa shape index (κ1) is 29.1. The van der Waals surface area contributed by atoms with Crippen LogP contribution in [0.3, 0.4) is 0 Å². The first-order valence-electron chi connectivity index (χ1n) is 13.3. The van der Waals surface area contributed by atoms with Crippen molar-refractivity contribution < 1.29 is 9.21 Å². The Morgan fingerprint density at radius 3 is 2.41 bits per heavy atom. The molecule has 0 atom stereocenters. The largest absolute Gasteiger partial charge is 0.458 e. The number of benzene rings is 3. The lowest BCUT2D eigenvalue weighted by molar-refractivity contribution is 0.245. The predicted octanol–water partition coefficient (Wildman–Crippen LogP) is 9.43. The van der Waals surface area contributed by atoms with Gasteiger partial charge in [0.15, 0.2) is 0 Å². The minimum absolute atomic E-state index is 0.226. The van der Waals surface area contributed by atoms with E-state index in [1.807, 2.05) is 61.9 Å². The summed E-state index contributed by atoms with van der Waals surface area (Å²) in [6.07, 6.45) is 4.01. The summed E-state index contributed by atoms with van der Waals surface area (Å²) in [4.78, 5) is 21.6. The van der Waals surface area contributed by atoms with Crippen LogP contribution in [0.4, 0.5) is 10.5 Å². The molecule has 2 aromatic heterocycles. The minimum Gasteiger partial charge on any atom is -0.458 e. The van der Waals surface area contributed by atoms with Crippen molar-refractivity contribution in [2.24, 2.45) is 0 Å². The van der Waals surface area contributed by atoms with Gasteiger partial charge < -0.3 is 9.73 Å². The number of urea groups is 1. The first-order valence-corrected chi connectivity index (χ1v) is 16.1. The molecule has 2 heterocycles. The molecular weight excluding hydrogens is 570 g/mol. The average molecular weight is 602 g/mol. The SMILES string of the molecule is CSc1cc(C)nc(SC)c1N(Cc1oc2ccc(C)cc2c1-c1ccc(C)cc1)C(=O)NCc1cccc(Cl)c1.